The molecular formula is C21H23N3O. The second kappa shape index (κ2) is 7.64. The molecule has 1 fully saturated rings. The molecule has 1 aliphatic rings. The zero-order valence-electron chi connectivity index (χ0n) is 14.3. The number of anilines is 1. The predicted molar refractivity (Wildman–Crippen MR) is 102 cm³/mol. The second-order valence-corrected chi connectivity index (χ2v) is 6.41. The Balaban J connectivity index is 1.37. The maximum absolute atomic E-state index is 5.41. The molecule has 3 aromatic rings. The monoisotopic (exact) mass is 333 g/mol. The Morgan fingerprint density at radius 2 is 1.64 bits per heavy atom. The lowest BCUT2D eigenvalue weighted by Crippen LogP contribution is -2.36. The predicted octanol–water partition coefficient (Wildman–Crippen LogP) is 3.36. The first kappa shape index (κ1) is 16.1. The van der Waals surface area contributed by atoms with Crippen LogP contribution in [0.3, 0.4) is 0 Å². The van der Waals surface area contributed by atoms with Crippen LogP contribution in [0.4, 0.5) is 5.82 Å². The van der Waals surface area contributed by atoms with Crippen molar-refractivity contribution in [1.29, 1.82) is 0 Å². The Bertz CT molecular complexity index is 843. The summed E-state index contributed by atoms with van der Waals surface area (Å²) in [4.78, 5) is 6.79. The van der Waals surface area contributed by atoms with Crippen LogP contribution in [-0.4, -0.2) is 31.3 Å². The summed E-state index contributed by atoms with van der Waals surface area (Å²) >= 11 is 0. The second-order valence-electron chi connectivity index (χ2n) is 6.41. The molecule has 0 atom stereocenters. The number of pyridine rings is 1. The Morgan fingerprint density at radius 1 is 0.880 bits per heavy atom. The highest BCUT2D eigenvalue weighted by molar-refractivity contribution is 5.82. The number of benzene rings is 2. The van der Waals surface area contributed by atoms with Crippen molar-refractivity contribution in [3.8, 4) is 0 Å². The number of nitrogens with one attached hydrogen (secondary N) is 1. The van der Waals surface area contributed by atoms with Crippen LogP contribution in [-0.2, 0) is 17.8 Å². The van der Waals surface area contributed by atoms with Crippen LogP contribution in [0.5, 0.6) is 0 Å². The molecule has 1 aliphatic heterocycles. The molecule has 4 nitrogen and oxygen atoms in total. The Morgan fingerprint density at radius 3 is 2.48 bits per heavy atom. The highest BCUT2D eigenvalue weighted by atomic mass is 16.5. The first-order chi connectivity index (χ1) is 12.4. The van der Waals surface area contributed by atoms with Crippen molar-refractivity contribution >= 4 is 16.6 Å². The molecule has 4 heteroatoms. The lowest BCUT2D eigenvalue weighted by Gasteiger charge is -2.28. The average Bonchev–Trinajstić information content (AvgIpc) is 2.69. The number of nitrogens with zero attached hydrogens (tertiary/aromatic N) is 2. The average molecular weight is 333 g/mol. The summed E-state index contributed by atoms with van der Waals surface area (Å²) in [6, 6.07) is 19.4. The molecule has 2 aromatic carbocycles. The van der Waals surface area contributed by atoms with Gasteiger partial charge in [0.1, 0.15) is 5.82 Å². The quantitative estimate of drug-likeness (QED) is 0.777. The van der Waals surface area contributed by atoms with Crippen LogP contribution in [0, 0.1) is 0 Å². The fourth-order valence-electron chi connectivity index (χ4n) is 3.24. The molecule has 2 heterocycles. The van der Waals surface area contributed by atoms with Crippen LogP contribution in [0.2, 0.25) is 0 Å². The molecule has 1 saturated heterocycles. The standard InChI is InChI=1S/C21H23N3O/c1-2-4-20-13-17(5-6-19(20)3-1)15-22-16-18-7-8-23-21(14-18)24-9-11-25-12-10-24/h1-8,13-14,22H,9-12,15-16H2. The minimum Gasteiger partial charge on any atom is -0.378 e. The van der Waals surface area contributed by atoms with E-state index in [1.54, 1.807) is 0 Å². The van der Waals surface area contributed by atoms with E-state index < -0.39 is 0 Å². The Hall–Kier alpha value is -2.43. The van der Waals surface area contributed by atoms with Crippen molar-refractivity contribution in [2.75, 3.05) is 31.2 Å². The van der Waals surface area contributed by atoms with E-state index in [0.717, 1.165) is 45.2 Å². The number of hydrogen-bond donors (Lipinski definition) is 1. The molecular weight excluding hydrogens is 310 g/mol. The third-order valence-corrected chi connectivity index (χ3v) is 4.62. The molecule has 0 radical (unpaired) electrons. The Labute approximate surface area is 148 Å². The van der Waals surface area contributed by atoms with E-state index in [9.17, 15) is 0 Å². The van der Waals surface area contributed by atoms with Crippen LogP contribution >= 0.6 is 0 Å². The zero-order valence-corrected chi connectivity index (χ0v) is 14.3. The van der Waals surface area contributed by atoms with Crippen molar-refractivity contribution in [3.63, 3.8) is 0 Å². The van der Waals surface area contributed by atoms with E-state index >= 15 is 0 Å². The summed E-state index contributed by atoms with van der Waals surface area (Å²) in [5.41, 5.74) is 2.57. The first-order valence-electron chi connectivity index (χ1n) is 8.84. The summed E-state index contributed by atoms with van der Waals surface area (Å²) in [6.07, 6.45) is 1.90. The normalized spacial score (nSPS) is 14.8. The van der Waals surface area contributed by atoms with Gasteiger partial charge in [-0.15, -0.1) is 0 Å². The van der Waals surface area contributed by atoms with E-state index in [2.05, 4.69) is 69.8 Å². The van der Waals surface area contributed by atoms with E-state index in [-0.39, 0.29) is 0 Å². The van der Waals surface area contributed by atoms with Crippen LogP contribution in [0.1, 0.15) is 11.1 Å². The third-order valence-electron chi connectivity index (χ3n) is 4.62. The molecule has 0 aliphatic carbocycles. The maximum Gasteiger partial charge on any atom is 0.128 e. The molecule has 0 unspecified atom stereocenters. The molecule has 0 saturated carbocycles. The number of aromatic nitrogens is 1. The molecule has 0 bridgehead atoms. The fourth-order valence-corrected chi connectivity index (χ4v) is 3.24. The fraction of sp³-hybridized carbons (Fsp3) is 0.286. The minimum absolute atomic E-state index is 0.784. The SMILES string of the molecule is c1ccc2cc(CNCc3ccnc(N4CCOCC4)c3)ccc2c1. The van der Waals surface area contributed by atoms with Gasteiger partial charge in [-0.2, -0.15) is 0 Å². The van der Waals surface area contributed by atoms with Gasteiger partial charge in [0.2, 0.25) is 0 Å². The van der Waals surface area contributed by atoms with Gasteiger partial charge >= 0.3 is 0 Å². The maximum atomic E-state index is 5.41. The van der Waals surface area contributed by atoms with E-state index in [1.807, 2.05) is 6.20 Å². The van der Waals surface area contributed by atoms with Gasteiger partial charge in [-0.05, 0) is 40.1 Å². The summed E-state index contributed by atoms with van der Waals surface area (Å²) < 4.78 is 5.41. The van der Waals surface area contributed by atoms with Gasteiger partial charge in [0.05, 0.1) is 13.2 Å². The topological polar surface area (TPSA) is 37.4 Å². The lowest BCUT2D eigenvalue weighted by molar-refractivity contribution is 0.122. The van der Waals surface area contributed by atoms with Gasteiger partial charge in [0.25, 0.3) is 0 Å². The van der Waals surface area contributed by atoms with Crippen LogP contribution < -0.4 is 10.2 Å². The highest BCUT2D eigenvalue weighted by Gasteiger charge is 2.12. The van der Waals surface area contributed by atoms with Crippen LogP contribution in [0.25, 0.3) is 10.8 Å². The molecule has 4 rings (SSSR count). The van der Waals surface area contributed by atoms with Crippen molar-refractivity contribution in [2.24, 2.45) is 0 Å². The van der Waals surface area contributed by atoms with Crippen LogP contribution in [0.15, 0.2) is 60.8 Å². The van der Waals surface area contributed by atoms with Gasteiger partial charge in [0, 0.05) is 32.4 Å². The molecule has 0 amide bonds. The van der Waals surface area contributed by atoms with E-state index in [1.165, 1.54) is 21.9 Å². The summed E-state index contributed by atoms with van der Waals surface area (Å²) in [5.74, 6) is 1.05. The third kappa shape index (κ3) is 3.98. The van der Waals surface area contributed by atoms with E-state index in [4.69, 9.17) is 4.74 Å². The summed E-state index contributed by atoms with van der Waals surface area (Å²) in [7, 11) is 0. The Kier molecular flexibility index (Phi) is 4.91. The number of ether oxygens (including phenoxy) is 1. The number of fused-ring (bicyclic) bond motifs is 1. The first-order valence-corrected chi connectivity index (χ1v) is 8.84. The van der Waals surface area contributed by atoms with Gasteiger partial charge < -0.3 is 15.0 Å². The molecule has 25 heavy (non-hydrogen) atoms. The summed E-state index contributed by atoms with van der Waals surface area (Å²) in [5, 5.41) is 6.12. The smallest absolute Gasteiger partial charge is 0.128 e. The largest absolute Gasteiger partial charge is 0.378 e. The van der Waals surface area contributed by atoms with Gasteiger partial charge in [-0.1, -0.05) is 36.4 Å². The van der Waals surface area contributed by atoms with Crippen molar-refractivity contribution in [1.82, 2.24) is 10.3 Å². The van der Waals surface area contributed by atoms with Gasteiger partial charge in [-0.25, -0.2) is 4.98 Å². The number of morpholine rings is 1. The van der Waals surface area contributed by atoms with E-state index in [0.29, 0.717) is 0 Å². The van der Waals surface area contributed by atoms with Crippen molar-refractivity contribution in [3.05, 3.63) is 71.9 Å². The van der Waals surface area contributed by atoms with Crippen molar-refractivity contribution in [2.45, 2.75) is 13.1 Å². The molecule has 1 aromatic heterocycles. The molecule has 1 N–H and O–H groups in total. The minimum atomic E-state index is 0.784. The number of hydrogen-bond acceptors (Lipinski definition) is 4. The lowest BCUT2D eigenvalue weighted by atomic mass is 10.1. The van der Waals surface area contributed by atoms with Crippen molar-refractivity contribution < 1.29 is 4.74 Å². The molecule has 0 spiro atoms. The van der Waals surface area contributed by atoms with Gasteiger partial charge in [-0.3, -0.25) is 0 Å². The zero-order chi connectivity index (χ0) is 16.9. The number of rotatable bonds is 5. The molecule has 128 valence electrons. The summed E-state index contributed by atoms with van der Waals surface area (Å²) in [6.45, 7) is 5.10. The van der Waals surface area contributed by atoms with Gasteiger partial charge in [0.15, 0.2) is 0 Å². The highest BCUT2D eigenvalue weighted by Crippen LogP contribution is 2.16.